The molecule has 0 aliphatic heterocycles. The molecule has 1 heterocycles. The zero-order valence-electron chi connectivity index (χ0n) is 10.2. The summed E-state index contributed by atoms with van der Waals surface area (Å²) in [5, 5.41) is 13.5. The van der Waals surface area contributed by atoms with Crippen molar-refractivity contribution in [2.75, 3.05) is 0 Å². The van der Waals surface area contributed by atoms with E-state index in [4.69, 9.17) is 10.8 Å². The molecule has 3 amide bonds. The molecule has 1 aromatic heterocycles. The van der Waals surface area contributed by atoms with Gasteiger partial charge in [0.2, 0.25) is 5.91 Å². The number of carbonyl (C=O) groups excluding carboxylic acids is 2. The van der Waals surface area contributed by atoms with Gasteiger partial charge in [0.1, 0.15) is 12.1 Å². The standard InChI is InChI=1S/C10H15N5O4/c1-5(8(11)16)14-10(19)15-7(9(17)18)2-6-3-12-4-13-6/h3-5,7H,2H2,1H3,(H2,11,16)(H,12,13)(H,17,18)(H2,14,15,19)/t5?,7-/m0/s1. The van der Waals surface area contributed by atoms with Crippen LogP contribution < -0.4 is 16.4 Å². The Bertz CT molecular complexity index is 458. The Balaban J connectivity index is 2.56. The minimum absolute atomic E-state index is 0.0493. The minimum atomic E-state index is -1.20. The number of aromatic amines is 1. The first-order valence-corrected chi connectivity index (χ1v) is 5.46. The number of imidazole rings is 1. The summed E-state index contributed by atoms with van der Waals surface area (Å²) >= 11 is 0. The monoisotopic (exact) mass is 269 g/mol. The number of aromatic nitrogens is 2. The van der Waals surface area contributed by atoms with E-state index in [9.17, 15) is 14.4 Å². The van der Waals surface area contributed by atoms with Crippen LogP contribution in [0.1, 0.15) is 12.6 Å². The molecule has 0 spiro atoms. The van der Waals surface area contributed by atoms with Gasteiger partial charge in [-0.2, -0.15) is 0 Å². The van der Waals surface area contributed by atoms with Gasteiger partial charge in [-0.25, -0.2) is 14.6 Å². The van der Waals surface area contributed by atoms with E-state index in [1.165, 1.54) is 19.4 Å². The molecule has 0 aromatic carbocycles. The molecule has 19 heavy (non-hydrogen) atoms. The molecule has 0 aliphatic carbocycles. The van der Waals surface area contributed by atoms with Crippen molar-refractivity contribution in [3.63, 3.8) is 0 Å². The van der Waals surface area contributed by atoms with E-state index in [-0.39, 0.29) is 6.42 Å². The lowest BCUT2D eigenvalue weighted by atomic mass is 10.1. The zero-order chi connectivity index (χ0) is 14.4. The number of urea groups is 1. The average molecular weight is 269 g/mol. The van der Waals surface area contributed by atoms with Crippen molar-refractivity contribution in [2.45, 2.75) is 25.4 Å². The second-order valence-corrected chi connectivity index (χ2v) is 3.91. The first kappa shape index (κ1) is 14.5. The number of nitrogens with one attached hydrogen (secondary N) is 3. The number of carbonyl (C=O) groups is 3. The lowest BCUT2D eigenvalue weighted by Gasteiger charge is -2.16. The number of carboxylic acids is 1. The molecule has 6 N–H and O–H groups in total. The summed E-state index contributed by atoms with van der Waals surface area (Å²) in [7, 11) is 0. The fourth-order valence-electron chi connectivity index (χ4n) is 1.28. The van der Waals surface area contributed by atoms with Crippen molar-refractivity contribution in [1.29, 1.82) is 0 Å². The molecule has 1 unspecified atom stereocenters. The van der Waals surface area contributed by atoms with Crippen LogP contribution >= 0.6 is 0 Å². The van der Waals surface area contributed by atoms with Crippen molar-refractivity contribution in [3.8, 4) is 0 Å². The summed E-state index contributed by atoms with van der Waals surface area (Å²) in [6.07, 6.45) is 2.92. The number of aliphatic carboxylic acids is 1. The molecule has 0 bridgehead atoms. The highest BCUT2D eigenvalue weighted by atomic mass is 16.4. The van der Waals surface area contributed by atoms with E-state index in [1.807, 2.05) is 0 Å². The molecule has 1 aromatic rings. The smallest absolute Gasteiger partial charge is 0.326 e. The summed E-state index contributed by atoms with van der Waals surface area (Å²) in [4.78, 5) is 39.7. The SMILES string of the molecule is CC(NC(=O)N[C@@H](Cc1cnc[nH]1)C(=O)O)C(N)=O. The van der Waals surface area contributed by atoms with Crippen molar-refractivity contribution in [2.24, 2.45) is 5.73 Å². The van der Waals surface area contributed by atoms with Gasteiger partial charge in [-0.3, -0.25) is 4.79 Å². The van der Waals surface area contributed by atoms with Crippen LogP contribution in [0.5, 0.6) is 0 Å². The Morgan fingerprint density at radius 2 is 2.16 bits per heavy atom. The molecule has 1 rings (SSSR count). The molecule has 0 fully saturated rings. The molecule has 0 radical (unpaired) electrons. The highest BCUT2D eigenvalue weighted by Crippen LogP contribution is 1.98. The number of primary amides is 1. The predicted molar refractivity (Wildman–Crippen MR) is 64.0 cm³/mol. The molecule has 2 atom stereocenters. The fraction of sp³-hybridized carbons (Fsp3) is 0.400. The van der Waals surface area contributed by atoms with E-state index in [0.29, 0.717) is 5.69 Å². The summed E-state index contributed by atoms with van der Waals surface area (Å²) in [6, 6.07) is -2.81. The first-order valence-electron chi connectivity index (χ1n) is 5.46. The van der Waals surface area contributed by atoms with Crippen LogP contribution in [0.25, 0.3) is 0 Å². The second kappa shape index (κ2) is 6.38. The third-order valence-electron chi connectivity index (χ3n) is 2.36. The van der Waals surface area contributed by atoms with Crippen molar-refractivity contribution < 1.29 is 19.5 Å². The number of rotatable bonds is 6. The predicted octanol–water partition coefficient (Wildman–Crippen LogP) is -1.42. The van der Waals surface area contributed by atoms with Gasteiger partial charge in [0.05, 0.1) is 6.33 Å². The molecule has 104 valence electrons. The van der Waals surface area contributed by atoms with Crippen LogP contribution in [-0.4, -0.2) is 45.1 Å². The quantitative estimate of drug-likeness (QED) is 0.429. The average Bonchev–Trinajstić information content (AvgIpc) is 2.80. The number of nitrogens with two attached hydrogens (primary N) is 1. The molecule has 0 aliphatic rings. The number of hydrogen-bond acceptors (Lipinski definition) is 4. The van der Waals surface area contributed by atoms with Gasteiger partial charge in [0, 0.05) is 18.3 Å². The van der Waals surface area contributed by atoms with Gasteiger partial charge >= 0.3 is 12.0 Å². The topological polar surface area (TPSA) is 150 Å². The molecule has 0 saturated heterocycles. The van der Waals surface area contributed by atoms with Gasteiger partial charge in [0.25, 0.3) is 0 Å². The van der Waals surface area contributed by atoms with Gasteiger partial charge in [-0.15, -0.1) is 0 Å². The van der Waals surface area contributed by atoms with Crippen molar-refractivity contribution in [1.82, 2.24) is 20.6 Å². The summed E-state index contributed by atoms with van der Waals surface area (Å²) in [6.45, 7) is 1.40. The Kier molecular flexibility index (Phi) is 4.86. The zero-order valence-corrected chi connectivity index (χ0v) is 10.2. The second-order valence-electron chi connectivity index (χ2n) is 3.91. The first-order chi connectivity index (χ1) is 8.90. The van der Waals surface area contributed by atoms with Gasteiger partial charge in [-0.05, 0) is 6.92 Å². The Morgan fingerprint density at radius 1 is 1.47 bits per heavy atom. The maximum absolute atomic E-state index is 11.5. The third kappa shape index (κ3) is 4.66. The van der Waals surface area contributed by atoms with Crippen LogP contribution in [0.15, 0.2) is 12.5 Å². The number of nitrogens with zero attached hydrogens (tertiary/aromatic N) is 1. The van der Waals surface area contributed by atoms with Crippen LogP contribution in [0.2, 0.25) is 0 Å². The Morgan fingerprint density at radius 3 is 2.63 bits per heavy atom. The number of carboxylic acid groups (broad SMARTS) is 1. The third-order valence-corrected chi connectivity index (χ3v) is 2.36. The van der Waals surface area contributed by atoms with Crippen LogP contribution in [0, 0.1) is 0 Å². The molecule has 9 nitrogen and oxygen atoms in total. The summed E-state index contributed by atoms with van der Waals surface area (Å²) < 4.78 is 0. The van der Waals surface area contributed by atoms with Crippen LogP contribution in [0.3, 0.4) is 0 Å². The Labute approximate surface area is 108 Å². The molecular weight excluding hydrogens is 254 g/mol. The van der Waals surface area contributed by atoms with Gasteiger partial charge in [-0.1, -0.05) is 0 Å². The lowest BCUT2D eigenvalue weighted by molar-refractivity contribution is -0.139. The minimum Gasteiger partial charge on any atom is -0.480 e. The summed E-state index contributed by atoms with van der Waals surface area (Å²) in [5.74, 6) is -1.91. The maximum Gasteiger partial charge on any atom is 0.326 e. The van der Waals surface area contributed by atoms with Gasteiger partial charge in [0.15, 0.2) is 0 Å². The molecular formula is C10H15N5O4. The fourth-order valence-corrected chi connectivity index (χ4v) is 1.28. The maximum atomic E-state index is 11.5. The van der Waals surface area contributed by atoms with E-state index in [0.717, 1.165) is 0 Å². The number of hydrogen-bond donors (Lipinski definition) is 5. The van der Waals surface area contributed by atoms with Crippen LogP contribution in [-0.2, 0) is 16.0 Å². The van der Waals surface area contributed by atoms with E-state index in [2.05, 4.69) is 20.6 Å². The number of H-pyrrole nitrogens is 1. The largest absolute Gasteiger partial charge is 0.480 e. The van der Waals surface area contributed by atoms with Gasteiger partial charge < -0.3 is 26.5 Å². The van der Waals surface area contributed by atoms with Crippen LogP contribution in [0.4, 0.5) is 4.79 Å². The van der Waals surface area contributed by atoms with E-state index >= 15 is 0 Å². The Hall–Kier alpha value is -2.58. The van der Waals surface area contributed by atoms with Crippen molar-refractivity contribution in [3.05, 3.63) is 18.2 Å². The number of amides is 3. The van der Waals surface area contributed by atoms with E-state index < -0.39 is 30.0 Å². The lowest BCUT2D eigenvalue weighted by Crippen LogP contribution is -2.52. The highest BCUT2D eigenvalue weighted by Gasteiger charge is 2.22. The summed E-state index contributed by atoms with van der Waals surface area (Å²) in [5.41, 5.74) is 5.54. The molecule has 0 saturated carbocycles. The molecule has 9 heteroatoms. The van der Waals surface area contributed by atoms with E-state index in [1.54, 1.807) is 0 Å². The highest BCUT2D eigenvalue weighted by molar-refractivity contribution is 5.87. The van der Waals surface area contributed by atoms with Crippen molar-refractivity contribution >= 4 is 17.9 Å². The normalized spacial score (nSPS) is 13.3.